The molecule has 1 unspecified atom stereocenters. The van der Waals surface area contributed by atoms with Crippen LogP contribution < -0.4 is 15.4 Å². The Morgan fingerprint density at radius 1 is 1.41 bits per heavy atom. The Morgan fingerprint density at radius 3 is 2.82 bits per heavy atom. The normalized spacial score (nSPS) is 18.4. The molecule has 0 aromatic heterocycles. The number of para-hydroxylation sites is 1. The van der Waals surface area contributed by atoms with Crippen LogP contribution in [0, 0.1) is 5.92 Å². The molecule has 0 saturated heterocycles. The molecule has 0 saturated carbocycles. The first kappa shape index (κ1) is 11.8. The van der Waals surface area contributed by atoms with Crippen molar-refractivity contribution in [3.8, 4) is 5.75 Å². The van der Waals surface area contributed by atoms with Crippen LogP contribution in [0.25, 0.3) is 0 Å². The van der Waals surface area contributed by atoms with Crippen molar-refractivity contribution in [2.45, 2.75) is 26.3 Å². The zero-order valence-corrected chi connectivity index (χ0v) is 10.4. The lowest BCUT2D eigenvalue weighted by molar-refractivity contribution is 0.244. The summed E-state index contributed by atoms with van der Waals surface area (Å²) in [7, 11) is 1.61. The number of anilines is 1. The van der Waals surface area contributed by atoms with E-state index in [1.807, 2.05) is 18.2 Å². The summed E-state index contributed by atoms with van der Waals surface area (Å²) in [6.07, 6.45) is 0.924. The van der Waals surface area contributed by atoms with Crippen LogP contribution in [0.3, 0.4) is 0 Å². The molecule has 2 N–H and O–H groups in total. The summed E-state index contributed by atoms with van der Waals surface area (Å²) in [6.45, 7) is 4.29. The van der Waals surface area contributed by atoms with Crippen molar-refractivity contribution >= 4 is 11.7 Å². The molecule has 1 aliphatic rings. The minimum atomic E-state index is -0.160. The van der Waals surface area contributed by atoms with E-state index < -0.39 is 0 Å². The van der Waals surface area contributed by atoms with Crippen molar-refractivity contribution < 1.29 is 9.53 Å². The highest BCUT2D eigenvalue weighted by Crippen LogP contribution is 2.37. The predicted octanol–water partition coefficient (Wildman–Crippen LogP) is 2.92. The van der Waals surface area contributed by atoms with Crippen LogP contribution in [0.2, 0.25) is 0 Å². The van der Waals surface area contributed by atoms with Gasteiger partial charge in [-0.2, -0.15) is 0 Å². The van der Waals surface area contributed by atoms with Crippen molar-refractivity contribution in [1.82, 2.24) is 5.32 Å². The second kappa shape index (κ2) is 4.65. The fourth-order valence-corrected chi connectivity index (χ4v) is 2.19. The van der Waals surface area contributed by atoms with E-state index in [-0.39, 0.29) is 12.1 Å². The molecule has 4 nitrogen and oxygen atoms in total. The zero-order chi connectivity index (χ0) is 12.4. The number of amides is 2. The summed E-state index contributed by atoms with van der Waals surface area (Å²) >= 11 is 0. The highest BCUT2D eigenvalue weighted by Gasteiger charge is 2.26. The molecule has 1 aromatic rings. The van der Waals surface area contributed by atoms with Crippen LogP contribution in [0.15, 0.2) is 18.2 Å². The molecular formula is C13H18N2O2. The van der Waals surface area contributed by atoms with Crippen molar-refractivity contribution in [2.75, 3.05) is 12.4 Å². The summed E-state index contributed by atoms with van der Waals surface area (Å²) in [5.74, 6) is 1.24. The van der Waals surface area contributed by atoms with Gasteiger partial charge in [0.15, 0.2) is 0 Å². The smallest absolute Gasteiger partial charge is 0.319 e. The molecule has 0 aliphatic carbocycles. The topological polar surface area (TPSA) is 50.4 Å². The number of nitrogens with one attached hydrogen (secondary N) is 2. The van der Waals surface area contributed by atoms with Crippen molar-refractivity contribution in [1.29, 1.82) is 0 Å². The largest absolute Gasteiger partial charge is 0.495 e. The molecule has 92 valence electrons. The molecule has 0 bridgehead atoms. The second-order valence-corrected chi connectivity index (χ2v) is 4.71. The molecule has 0 fully saturated rings. The zero-order valence-electron chi connectivity index (χ0n) is 10.4. The van der Waals surface area contributed by atoms with Gasteiger partial charge in [-0.1, -0.05) is 26.0 Å². The van der Waals surface area contributed by atoms with Gasteiger partial charge in [0.1, 0.15) is 5.75 Å². The van der Waals surface area contributed by atoms with Crippen LogP contribution >= 0.6 is 0 Å². The molecule has 1 atom stereocenters. The van der Waals surface area contributed by atoms with Gasteiger partial charge in [-0.3, -0.25) is 0 Å². The number of ether oxygens (including phenoxy) is 1. The summed E-state index contributed by atoms with van der Waals surface area (Å²) in [4.78, 5) is 11.6. The Labute approximate surface area is 101 Å². The van der Waals surface area contributed by atoms with E-state index >= 15 is 0 Å². The van der Waals surface area contributed by atoms with E-state index in [0.717, 1.165) is 17.7 Å². The predicted molar refractivity (Wildman–Crippen MR) is 67.3 cm³/mol. The average Bonchev–Trinajstić information content (AvgIpc) is 2.27. The van der Waals surface area contributed by atoms with Gasteiger partial charge < -0.3 is 15.4 Å². The molecule has 1 aromatic carbocycles. The number of carbonyl (C=O) groups is 1. The third-order valence-corrected chi connectivity index (χ3v) is 2.90. The van der Waals surface area contributed by atoms with E-state index in [0.29, 0.717) is 11.7 Å². The van der Waals surface area contributed by atoms with Gasteiger partial charge in [-0.15, -0.1) is 0 Å². The van der Waals surface area contributed by atoms with Gasteiger partial charge in [-0.05, 0) is 18.4 Å². The Kier molecular flexibility index (Phi) is 3.22. The Bertz CT molecular complexity index is 429. The second-order valence-electron chi connectivity index (χ2n) is 4.71. The lowest BCUT2D eigenvalue weighted by Gasteiger charge is -2.29. The molecule has 0 radical (unpaired) electrons. The minimum absolute atomic E-state index is 0.0637. The lowest BCUT2D eigenvalue weighted by atomic mass is 9.94. The minimum Gasteiger partial charge on any atom is -0.495 e. The first-order valence-electron chi connectivity index (χ1n) is 5.86. The molecular weight excluding hydrogens is 216 g/mol. The molecule has 17 heavy (non-hydrogen) atoms. The van der Waals surface area contributed by atoms with Gasteiger partial charge >= 0.3 is 6.03 Å². The molecule has 4 heteroatoms. The Balaban J connectivity index is 2.39. The molecule has 2 rings (SSSR count). The molecule has 2 amide bonds. The van der Waals surface area contributed by atoms with Crippen molar-refractivity contribution in [3.63, 3.8) is 0 Å². The number of hydrogen-bond acceptors (Lipinski definition) is 2. The van der Waals surface area contributed by atoms with Gasteiger partial charge in [0.2, 0.25) is 0 Å². The summed E-state index contributed by atoms with van der Waals surface area (Å²) in [5.41, 5.74) is 1.89. The number of carbonyl (C=O) groups excluding carboxylic acids is 1. The Hall–Kier alpha value is -1.71. The highest BCUT2D eigenvalue weighted by molar-refractivity contribution is 5.94. The number of benzene rings is 1. The van der Waals surface area contributed by atoms with Crippen molar-refractivity contribution in [2.24, 2.45) is 5.92 Å². The monoisotopic (exact) mass is 234 g/mol. The van der Waals surface area contributed by atoms with Gasteiger partial charge in [0, 0.05) is 5.56 Å². The van der Waals surface area contributed by atoms with Crippen LogP contribution in [0.4, 0.5) is 10.5 Å². The third-order valence-electron chi connectivity index (χ3n) is 2.90. The SMILES string of the molecule is COc1cccc2c1NC(=O)NC2CC(C)C. The first-order valence-corrected chi connectivity index (χ1v) is 5.86. The third kappa shape index (κ3) is 2.35. The maximum Gasteiger partial charge on any atom is 0.319 e. The fraction of sp³-hybridized carbons (Fsp3) is 0.462. The first-order chi connectivity index (χ1) is 8.11. The molecule has 1 aliphatic heterocycles. The van der Waals surface area contributed by atoms with Crippen molar-refractivity contribution in [3.05, 3.63) is 23.8 Å². The summed E-state index contributed by atoms with van der Waals surface area (Å²) in [5, 5.41) is 5.76. The van der Waals surface area contributed by atoms with Gasteiger partial charge in [0.25, 0.3) is 0 Å². The van der Waals surface area contributed by atoms with E-state index in [2.05, 4.69) is 24.5 Å². The van der Waals surface area contributed by atoms with Crippen LogP contribution in [0.1, 0.15) is 31.9 Å². The lowest BCUT2D eigenvalue weighted by Crippen LogP contribution is -2.38. The van der Waals surface area contributed by atoms with Gasteiger partial charge in [-0.25, -0.2) is 4.79 Å². The average molecular weight is 234 g/mol. The number of hydrogen-bond donors (Lipinski definition) is 2. The number of fused-ring (bicyclic) bond motifs is 1. The van der Waals surface area contributed by atoms with Crippen LogP contribution in [0.5, 0.6) is 5.75 Å². The Morgan fingerprint density at radius 2 is 2.18 bits per heavy atom. The fourth-order valence-electron chi connectivity index (χ4n) is 2.19. The van der Waals surface area contributed by atoms with E-state index in [1.165, 1.54) is 0 Å². The van der Waals surface area contributed by atoms with E-state index in [4.69, 9.17) is 4.74 Å². The molecule has 1 heterocycles. The maximum absolute atomic E-state index is 11.6. The summed E-state index contributed by atoms with van der Waals surface area (Å²) in [6, 6.07) is 5.74. The molecule has 0 spiro atoms. The standard InChI is InChI=1S/C13H18N2O2/c1-8(2)7-10-9-5-4-6-11(17-3)12(9)15-13(16)14-10/h4-6,8,10H,7H2,1-3H3,(H2,14,15,16). The summed E-state index contributed by atoms with van der Waals surface area (Å²) < 4.78 is 5.27. The number of rotatable bonds is 3. The van der Waals surface area contributed by atoms with E-state index in [9.17, 15) is 4.79 Å². The van der Waals surface area contributed by atoms with Gasteiger partial charge in [0.05, 0.1) is 18.8 Å². The maximum atomic E-state index is 11.6. The van der Waals surface area contributed by atoms with Crippen LogP contribution in [-0.4, -0.2) is 13.1 Å². The number of methoxy groups -OCH3 is 1. The highest BCUT2D eigenvalue weighted by atomic mass is 16.5. The van der Waals surface area contributed by atoms with Crippen LogP contribution in [-0.2, 0) is 0 Å². The van der Waals surface area contributed by atoms with E-state index in [1.54, 1.807) is 7.11 Å². The number of urea groups is 1. The quantitative estimate of drug-likeness (QED) is 0.844.